The minimum atomic E-state index is -1.42. The Balaban J connectivity index is 3.00. The summed E-state index contributed by atoms with van der Waals surface area (Å²) in [6, 6.07) is 6.56. The molecule has 0 heterocycles. The lowest BCUT2D eigenvalue weighted by Crippen LogP contribution is -1.78. The summed E-state index contributed by atoms with van der Waals surface area (Å²) in [6.07, 6.45) is 0. The maximum atomic E-state index is 10.6. The first-order valence-corrected chi connectivity index (χ1v) is 4.89. The Morgan fingerprint density at radius 3 is 2.10 bits per heavy atom. The lowest BCUT2D eigenvalue weighted by Gasteiger charge is -1.91. The van der Waals surface area contributed by atoms with E-state index in [9.17, 15) is 4.21 Å². The summed E-state index contributed by atoms with van der Waals surface area (Å²) in [4.78, 5) is 0.575. The second kappa shape index (κ2) is 3.37. The van der Waals surface area contributed by atoms with Gasteiger partial charge in [-0.1, -0.05) is 11.6 Å². The molecule has 0 amide bonds. The first-order valence-electron chi connectivity index (χ1n) is 2.54. The minimum Gasteiger partial charge on any atom is -0.237 e. The zero-order chi connectivity index (χ0) is 7.56. The molecule has 0 aromatic heterocycles. The van der Waals surface area contributed by atoms with E-state index in [1.807, 2.05) is 0 Å². The van der Waals surface area contributed by atoms with Crippen molar-refractivity contribution in [2.45, 2.75) is 4.90 Å². The van der Waals surface area contributed by atoms with E-state index in [0.29, 0.717) is 9.92 Å². The van der Waals surface area contributed by atoms with Crippen molar-refractivity contribution in [3.05, 3.63) is 29.3 Å². The highest BCUT2D eigenvalue weighted by Crippen LogP contribution is 2.13. The molecule has 0 saturated heterocycles. The van der Waals surface area contributed by atoms with Gasteiger partial charge in [-0.2, -0.15) is 0 Å². The molecule has 0 aliphatic carbocycles. The molecule has 1 aromatic carbocycles. The van der Waals surface area contributed by atoms with Crippen LogP contribution < -0.4 is 0 Å². The van der Waals surface area contributed by atoms with Gasteiger partial charge in [0, 0.05) is 5.02 Å². The Bertz CT molecular complexity index is 244. The fraction of sp³-hybridized carbons (Fsp3) is 0. The Hall–Kier alpha value is -0.0500. The standard InChI is InChI=1S/C6H4Cl2OS/c7-5-1-3-6(4-2-5)10(8)9/h1-4H/t10-/m1/s1. The van der Waals surface area contributed by atoms with Crippen LogP contribution in [-0.2, 0) is 10.0 Å². The van der Waals surface area contributed by atoms with Crippen LogP contribution in [0.15, 0.2) is 29.2 Å². The highest BCUT2D eigenvalue weighted by atomic mass is 35.7. The zero-order valence-corrected chi connectivity index (χ0v) is 7.21. The van der Waals surface area contributed by atoms with E-state index < -0.39 is 10.0 Å². The SMILES string of the molecule is O=[S@@](Cl)c1ccc(Cl)cc1. The lowest BCUT2D eigenvalue weighted by molar-refractivity contribution is 0.691. The summed E-state index contributed by atoms with van der Waals surface area (Å²) in [5.74, 6) is 0. The van der Waals surface area contributed by atoms with Gasteiger partial charge in [-0.15, -0.1) is 0 Å². The minimum absolute atomic E-state index is 0.575. The second-order valence-electron chi connectivity index (χ2n) is 1.68. The Morgan fingerprint density at radius 1 is 1.20 bits per heavy atom. The van der Waals surface area contributed by atoms with Crippen molar-refractivity contribution in [2.75, 3.05) is 0 Å². The van der Waals surface area contributed by atoms with Crippen LogP contribution in [0.1, 0.15) is 0 Å². The third-order valence-electron chi connectivity index (χ3n) is 0.999. The smallest absolute Gasteiger partial charge is 0.147 e. The van der Waals surface area contributed by atoms with Crippen molar-refractivity contribution in [1.29, 1.82) is 0 Å². The molecule has 0 unspecified atom stereocenters. The van der Waals surface area contributed by atoms with E-state index in [0.717, 1.165) is 0 Å². The van der Waals surface area contributed by atoms with Crippen molar-refractivity contribution in [2.24, 2.45) is 0 Å². The quantitative estimate of drug-likeness (QED) is 0.629. The van der Waals surface area contributed by atoms with E-state index in [1.54, 1.807) is 24.3 Å². The van der Waals surface area contributed by atoms with Gasteiger partial charge in [0.05, 0.1) is 4.90 Å². The van der Waals surface area contributed by atoms with Gasteiger partial charge in [0.25, 0.3) is 0 Å². The van der Waals surface area contributed by atoms with Gasteiger partial charge >= 0.3 is 0 Å². The molecule has 4 heteroatoms. The van der Waals surface area contributed by atoms with E-state index in [4.69, 9.17) is 22.3 Å². The van der Waals surface area contributed by atoms with E-state index >= 15 is 0 Å². The Labute approximate surface area is 70.9 Å². The number of halogens is 2. The highest BCUT2D eigenvalue weighted by Gasteiger charge is 1.96. The van der Waals surface area contributed by atoms with Gasteiger partial charge in [-0.3, -0.25) is 0 Å². The number of benzene rings is 1. The fourth-order valence-electron chi connectivity index (χ4n) is 0.542. The molecule has 1 atom stereocenters. The summed E-state index contributed by atoms with van der Waals surface area (Å²) in [5, 5.41) is 0.617. The van der Waals surface area contributed by atoms with Crippen LogP contribution in [0, 0.1) is 0 Å². The molecule has 0 aliphatic rings. The normalized spacial score (nSPS) is 13.0. The lowest BCUT2D eigenvalue weighted by atomic mass is 10.4. The molecule has 1 rings (SSSR count). The molecular formula is C6H4Cl2OS. The molecule has 54 valence electrons. The van der Waals surface area contributed by atoms with Crippen molar-refractivity contribution in [1.82, 2.24) is 0 Å². The van der Waals surface area contributed by atoms with E-state index in [1.165, 1.54) is 0 Å². The highest BCUT2D eigenvalue weighted by molar-refractivity contribution is 8.08. The van der Waals surface area contributed by atoms with Crippen molar-refractivity contribution in [3.8, 4) is 0 Å². The number of hydrogen-bond donors (Lipinski definition) is 0. The van der Waals surface area contributed by atoms with Crippen LogP contribution in [0.5, 0.6) is 0 Å². The second-order valence-corrected chi connectivity index (χ2v) is 3.87. The summed E-state index contributed by atoms with van der Waals surface area (Å²) in [7, 11) is 3.86. The third kappa shape index (κ3) is 1.97. The average Bonchev–Trinajstić information content (AvgIpc) is 1.88. The van der Waals surface area contributed by atoms with Crippen LogP contribution in [-0.4, -0.2) is 4.21 Å². The summed E-state index contributed by atoms with van der Waals surface area (Å²) in [5.41, 5.74) is 0. The third-order valence-corrected chi connectivity index (χ3v) is 2.43. The molecule has 10 heavy (non-hydrogen) atoms. The van der Waals surface area contributed by atoms with Crippen molar-refractivity contribution >= 4 is 32.3 Å². The van der Waals surface area contributed by atoms with Gasteiger partial charge in [0.15, 0.2) is 0 Å². The molecule has 0 saturated carbocycles. The van der Waals surface area contributed by atoms with Gasteiger partial charge in [0.2, 0.25) is 0 Å². The van der Waals surface area contributed by atoms with Crippen molar-refractivity contribution < 1.29 is 4.21 Å². The predicted octanol–water partition coefficient (Wildman–Crippen LogP) is 2.60. The first-order chi connectivity index (χ1) is 4.70. The topological polar surface area (TPSA) is 17.1 Å². The predicted molar refractivity (Wildman–Crippen MR) is 43.7 cm³/mol. The van der Waals surface area contributed by atoms with Gasteiger partial charge in [-0.25, -0.2) is 4.21 Å². The van der Waals surface area contributed by atoms with Gasteiger partial charge in [0.1, 0.15) is 10.0 Å². The first kappa shape index (κ1) is 8.05. The largest absolute Gasteiger partial charge is 0.237 e. The zero-order valence-electron chi connectivity index (χ0n) is 4.88. The number of hydrogen-bond acceptors (Lipinski definition) is 1. The molecule has 1 aromatic rings. The van der Waals surface area contributed by atoms with Gasteiger partial charge in [-0.05, 0) is 34.9 Å². The summed E-state index contributed by atoms with van der Waals surface area (Å²) >= 11 is 5.57. The van der Waals surface area contributed by atoms with Crippen LogP contribution in [0.4, 0.5) is 0 Å². The van der Waals surface area contributed by atoms with E-state index in [-0.39, 0.29) is 0 Å². The summed E-state index contributed by atoms with van der Waals surface area (Å²) < 4.78 is 10.6. The monoisotopic (exact) mass is 194 g/mol. The number of rotatable bonds is 1. The fourth-order valence-corrected chi connectivity index (χ4v) is 1.33. The van der Waals surface area contributed by atoms with Crippen LogP contribution in [0.2, 0.25) is 5.02 Å². The molecule has 0 spiro atoms. The Morgan fingerprint density at radius 2 is 1.70 bits per heavy atom. The summed E-state index contributed by atoms with van der Waals surface area (Å²) in [6.45, 7) is 0. The maximum Gasteiger partial charge on any atom is 0.147 e. The molecule has 0 N–H and O–H groups in total. The van der Waals surface area contributed by atoms with Crippen LogP contribution >= 0.6 is 22.3 Å². The molecular weight excluding hydrogens is 191 g/mol. The Kier molecular flexibility index (Phi) is 2.72. The molecule has 0 bridgehead atoms. The van der Waals surface area contributed by atoms with Crippen molar-refractivity contribution in [3.63, 3.8) is 0 Å². The molecule has 1 nitrogen and oxygen atoms in total. The molecule has 0 aliphatic heterocycles. The molecule has 0 fully saturated rings. The van der Waals surface area contributed by atoms with E-state index in [2.05, 4.69) is 0 Å². The van der Waals surface area contributed by atoms with Gasteiger partial charge < -0.3 is 0 Å². The van der Waals surface area contributed by atoms with Crippen LogP contribution in [0.3, 0.4) is 0 Å². The maximum absolute atomic E-state index is 10.6. The van der Waals surface area contributed by atoms with Crippen LogP contribution in [0.25, 0.3) is 0 Å². The average molecular weight is 195 g/mol. The molecule has 0 radical (unpaired) electrons.